The van der Waals surface area contributed by atoms with Crippen molar-refractivity contribution in [1.82, 2.24) is 5.32 Å². The van der Waals surface area contributed by atoms with Gasteiger partial charge in [0.25, 0.3) is 0 Å². The number of thioether (sulfide) groups is 1. The van der Waals surface area contributed by atoms with Gasteiger partial charge in [0.2, 0.25) is 0 Å². The second-order valence-corrected chi connectivity index (χ2v) is 6.14. The van der Waals surface area contributed by atoms with Crippen LogP contribution in [0.15, 0.2) is 0 Å². The third kappa shape index (κ3) is 5.92. The molecule has 1 aliphatic carbocycles. The van der Waals surface area contributed by atoms with Crippen LogP contribution in [0.5, 0.6) is 0 Å². The van der Waals surface area contributed by atoms with Crippen molar-refractivity contribution in [3.05, 3.63) is 0 Å². The largest absolute Gasteiger partial charge is 0.316 e. The lowest BCUT2D eigenvalue weighted by Crippen LogP contribution is -2.23. The molecular formula is C12H25NS. The molecule has 0 unspecified atom stereocenters. The number of hydrogen-bond acceptors (Lipinski definition) is 2. The quantitative estimate of drug-likeness (QED) is 0.682. The van der Waals surface area contributed by atoms with E-state index in [4.69, 9.17) is 0 Å². The van der Waals surface area contributed by atoms with Crippen molar-refractivity contribution in [3.63, 3.8) is 0 Å². The monoisotopic (exact) mass is 215 g/mol. The molecule has 0 aromatic heterocycles. The molecule has 0 saturated heterocycles. The van der Waals surface area contributed by atoms with Crippen LogP contribution >= 0.6 is 11.8 Å². The van der Waals surface area contributed by atoms with Crippen LogP contribution in [0, 0.1) is 5.92 Å². The molecule has 1 saturated carbocycles. The number of hydrogen-bond donors (Lipinski definition) is 1. The van der Waals surface area contributed by atoms with Crippen molar-refractivity contribution >= 4 is 11.8 Å². The predicted octanol–water partition coefficient (Wildman–Crippen LogP) is 3.30. The molecule has 1 N–H and O–H groups in total. The van der Waals surface area contributed by atoms with Crippen molar-refractivity contribution in [2.24, 2.45) is 5.92 Å². The highest BCUT2D eigenvalue weighted by molar-refractivity contribution is 7.99. The van der Waals surface area contributed by atoms with Gasteiger partial charge in [0.05, 0.1) is 0 Å². The van der Waals surface area contributed by atoms with Crippen molar-refractivity contribution < 1.29 is 0 Å². The molecule has 0 aliphatic heterocycles. The maximum absolute atomic E-state index is 3.50. The highest BCUT2D eigenvalue weighted by atomic mass is 32.2. The first-order valence-electron chi connectivity index (χ1n) is 6.11. The third-order valence-electron chi connectivity index (χ3n) is 2.74. The van der Waals surface area contributed by atoms with Gasteiger partial charge in [-0.2, -0.15) is 11.8 Å². The highest BCUT2D eigenvalue weighted by Gasteiger charge is 2.12. The second-order valence-electron chi connectivity index (χ2n) is 4.73. The fourth-order valence-corrected chi connectivity index (χ4v) is 3.18. The van der Waals surface area contributed by atoms with Crippen LogP contribution in [-0.2, 0) is 0 Å². The molecule has 0 spiro atoms. The summed E-state index contributed by atoms with van der Waals surface area (Å²) in [6.07, 6.45) is 7.35. The summed E-state index contributed by atoms with van der Waals surface area (Å²) in [4.78, 5) is 0. The SMILES string of the molecule is CC(C)CNCCSC1CCCCC1. The van der Waals surface area contributed by atoms with Gasteiger partial charge in [-0.05, 0) is 25.3 Å². The Bertz CT molecular complexity index is 130. The van der Waals surface area contributed by atoms with Gasteiger partial charge in [0, 0.05) is 17.5 Å². The lowest BCUT2D eigenvalue weighted by Gasteiger charge is -2.21. The van der Waals surface area contributed by atoms with E-state index in [2.05, 4.69) is 30.9 Å². The van der Waals surface area contributed by atoms with Gasteiger partial charge in [0.1, 0.15) is 0 Å². The molecule has 0 bridgehead atoms. The highest BCUT2D eigenvalue weighted by Crippen LogP contribution is 2.27. The summed E-state index contributed by atoms with van der Waals surface area (Å²) in [5, 5.41) is 4.48. The zero-order valence-electron chi connectivity index (χ0n) is 9.72. The van der Waals surface area contributed by atoms with Crippen molar-refractivity contribution in [2.45, 2.75) is 51.2 Å². The smallest absolute Gasteiger partial charge is 0.00608 e. The van der Waals surface area contributed by atoms with Crippen LogP contribution in [0.4, 0.5) is 0 Å². The zero-order chi connectivity index (χ0) is 10.2. The Morgan fingerprint density at radius 3 is 2.57 bits per heavy atom. The summed E-state index contributed by atoms with van der Waals surface area (Å²) in [6, 6.07) is 0. The Morgan fingerprint density at radius 1 is 1.21 bits per heavy atom. The Kier molecular flexibility index (Phi) is 6.70. The van der Waals surface area contributed by atoms with E-state index in [0.29, 0.717) is 0 Å². The maximum atomic E-state index is 3.50. The van der Waals surface area contributed by atoms with E-state index in [1.807, 2.05) is 0 Å². The Hall–Kier alpha value is 0.310. The number of rotatable bonds is 6. The van der Waals surface area contributed by atoms with E-state index in [1.165, 1.54) is 50.9 Å². The normalized spacial score (nSPS) is 19.1. The van der Waals surface area contributed by atoms with E-state index >= 15 is 0 Å². The molecule has 0 aromatic carbocycles. The molecule has 0 atom stereocenters. The Balaban J connectivity index is 1.87. The average Bonchev–Trinajstić information content (AvgIpc) is 2.18. The first-order valence-corrected chi connectivity index (χ1v) is 7.16. The maximum Gasteiger partial charge on any atom is 0.00608 e. The minimum absolute atomic E-state index is 0.787. The lowest BCUT2D eigenvalue weighted by molar-refractivity contribution is 0.515. The van der Waals surface area contributed by atoms with E-state index in [-0.39, 0.29) is 0 Å². The standard InChI is InChI=1S/C12H25NS/c1-11(2)10-13-8-9-14-12-6-4-3-5-7-12/h11-13H,3-10H2,1-2H3. The molecule has 1 aliphatic rings. The third-order valence-corrected chi connectivity index (χ3v) is 4.12. The number of nitrogens with one attached hydrogen (secondary N) is 1. The molecule has 2 heteroatoms. The molecule has 0 aromatic rings. The van der Waals surface area contributed by atoms with Crippen molar-refractivity contribution in [3.8, 4) is 0 Å². The molecule has 0 heterocycles. The molecule has 14 heavy (non-hydrogen) atoms. The van der Waals surface area contributed by atoms with Crippen LogP contribution in [-0.4, -0.2) is 24.1 Å². The van der Waals surface area contributed by atoms with Gasteiger partial charge < -0.3 is 5.32 Å². The first kappa shape index (κ1) is 12.4. The van der Waals surface area contributed by atoms with E-state index in [1.54, 1.807) is 0 Å². The van der Waals surface area contributed by atoms with E-state index in [0.717, 1.165) is 11.2 Å². The fourth-order valence-electron chi connectivity index (χ4n) is 1.92. The first-order chi connectivity index (χ1) is 6.79. The lowest BCUT2D eigenvalue weighted by atomic mass is 10.0. The average molecular weight is 215 g/mol. The van der Waals surface area contributed by atoms with Crippen molar-refractivity contribution in [2.75, 3.05) is 18.8 Å². The summed E-state index contributed by atoms with van der Waals surface area (Å²) in [6.45, 7) is 6.90. The van der Waals surface area contributed by atoms with E-state index < -0.39 is 0 Å². The Morgan fingerprint density at radius 2 is 1.93 bits per heavy atom. The van der Waals surface area contributed by atoms with Gasteiger partial charge in [-0.3, -0.25) is 0 Å². The summed E-state index contributed by atoms with van der Waals surface area (Å²) in [7, 11) is 0. The minimum atomic E-state index is 0.787. The van der Waals surface area contributed by atoms with Crippen LogP contribution in [0.25, 0.3) is 0 Å². The van der Waals surface area contributed by atoms with Crippen LogP contribution < -0.4 is 5.32 Å². The van der Waals surface area contributed by atoms with Gasteiger partial charge >= 0.3 is 0 Å². The molecule has 0 radical (unpaired) electrons. The van der Waals surface area contributed by atoms with Crippen LogP contribution in [0.3, 0.4) is 0 Å². The molecule has 1 nitrogen and oxygen atoms in total. The van der Waals surface area contributed by atoms with Gasteiger partial charge in [-0.25, -0.2) is 0 Å². The van der Waals surface area contributed by atoms with Crippen LogP contribution in [0.1, 0.15) is 46.0 Å². The van der Waals surface area contributed by atoms with E-state index in [9.17, 15) is 0 Å². The topological polar surface area (TPSA) is 12.0 Å². The van der Waals surface area contributed by atoms with Gasteiger partial charge in [-0.15, -0.1) is 0 Å². The second kappa shape index (κ2) is 7.58. The molecule has 84 valence electrons. The summed E-state index contributed by atoms with van der Waals surface area (Å²) < 4.78 is 0. The molecule has 0 amide bonds. The summed E-state index contributed by atoms with van der Waals surface area (Å²) in [5.41, 5.74) is 0. The fraction of sp³-hybridized carbons (Fsp3) is 1.00. The predicted molar refractivity (Wildman–Crippen MR) is 67.0 cm³/mol. The molecule has 1 fully saturated rings. The summed E-state index contributed by atoms with van der Waals surface area (Å²) in [5.74, 6) is 2.09. The van der Waals surface area contributed by atoms with Crippen molar-refractivity contribution in [1.29, 1.82) is 0 Å². The summed E-state index contributed by atoms with van der Waals surface area (Å²) >= 11 is 2.19. The minimum Gasteiger partial charge on any atom is -0.316 e. The van der Waals surface area contributed by atoms with Crippen LogP contribution in [0.2, 0.25) is 0 Å². The molecular weight excluding hydrogens is 190 g/mol. The zero-order valence-corrected chi connectivity index (χ0v) is 10.5. The van der Waals surface area contributed by atoms with Gasteiger partial charge in [-0.1, -0.05) is 33.1 Å². The van der Waals surface area contributed by atoms with Gasteiger partial charge in [0.15, 0.2) is 0 Å². The Labute approximate surface area is 93.4 Å². The molecule has 1 rings (SSSR count).